The summed E-state index contributed by atoms with van der Waals surface area (Å²) < 4.78 is 5.62. The minimum Gasteiger partial charge on any atom is -0.473 e. The Balaban J connectivity index is 2.15. The van der Waals surface area contributed by atoms with Crippen molar-refractivity contribution in [2.45, 2.75) is 49.6 Å². The van der Waals surface area contributed by atoms with Crippen molar-refractivity contribution in [3.63, 3.8) is 0 Å². The van der Waals surface area contributed by atoms with Crippen LogP contribution in [0.4, 0.5) is 5.69 Å². The Hall–Kier alpha value is -1.68. The van der Waals surface area contributed by atoms with Crippen LogP contribution < -0.4 is 10.5 Å². The smallest absolute Gasteiger partial charge is 0.238 e. The number of aromatic nitrogens is 1. The van der Waals surface area contributed by atoms with E-state index < -0.39 is 0 Å². The molecule has 0 radical (unpaired) electrons. The normalized spacial score (nSPS) is 11.1. The molecular formula is C17H22N2OS. The van der Waals surface area contributed by atoms with Crippen molar-refractivity contribution in [3.8, 4) is 5.88 Å². The summed E-state index contributed by atoms with van der Waals surface area (Å²) in [6, 6.07) is 12.3. The van der Waals surface area contributed by atoms with Crippen LogP contribution in [0.5, 0.6) is 5.88 Å². The van der Waals surface area contributed by atoms with E-state index in [0.717, 1.165) is 9.92 Å². The lowest BCUT2D eigenvalue weighted by Gasteiger charge is -2.12. The first-order chi connectivity index (χ1) is 9.95. The second-order valence-electron chi connectivity index (χ2n) is 5.54. The summed E-state index contributed by atoms with van der Waals surface area (Å²) in [5.41, 5.74) is 7.80. The molecule has 0 fully saturated rings. The van der Waals surface area contributed by atoms with Crippen LogP contribution in [0, 0.1) is 0 Å². The van der Waals surface area contributed by atoms with Crippen LogP contribution in [-0.4, -0.2) is 11.1 Å². The molecule has 0 saturated carbocycles. The van der Waals surface area contributed by atoms with Crippen molar-refractivity contribution in [1.82, 2.24) is 4.98 Å². The largest absolute Gasteiger partial charge is 0.473 e. The zero-order valence-corrected chi connectivity index (χ0v) is 13.8. The Kier molecular flexibility index (Phi) is 5.12. The number of hydrogen-bond acceptors (Lipinski definition) is 4. The molecule has 0 bridgehead atoms. The number of nitrogens with two attached hydrogens (primary N) is 1. The van der Waals surface area contributed by atoms with E-state index in [2.05, 4.69) is 43.1 Å². The number of benzene rings is 1. The summed E-state index contributed by atoms with van der Waals surface area (Å²) >= 11 is 1.61. The molecule has 0 aliphatic rings. The summed E-state index contributed by atoms with van der Waals surface area (Å²) in [7, 11) is 0. The van der Waals surface area contributed by atoms with Gasteiger partial charge in [-0.2, -0.15) is 0 Å². The van der Waals surface area contributed by atoms with E-state index in [4.69, 9.17) is 10.5 Å². The predicted octanol–water partition coefficient (Wildman–Crippen LogP) is 4.73. The summed E-state index contributed by atoms with van der Waals surface area (Å²) in [6.07, 6.45) is 0.0605. The fraction of sp³-hybridized carbons (Fsp3) is 0.353. The van der Waals surface area contributed by atoms with Crippen LogP contribution in [0.25, 0.3) is 0 Å². The van der Waals surface area contributed by atoms with Gasteiger partial charge in [-0.1, -0.05) is 37.7 Å². The van der Waals surface area contributed by atoms with Gasteiger partial charge in [0.2, 0.25) is 5.88 Å². The maximum atomic E-state index is 5.89. The highest BCUT2D eigenvalue weighted by molar-refractivity contribution is 7.99. The molecule has 0 saturated heterocycles. The van der Waals surface area contributed by atoms with Crippen molar-refractivity contribution in [1.29, 1.82) is 0 Å². The Morgan fingerprint density at radius 3 is 2.24 bits per heavy atom. The first kappa shape index (κ1) is 15.7. The van der Waals surface area contributed by atoms with E-state index >= 15 is 0 Å². The third-order valence-corrected chi connectivity index (χ3v) is 3.93. The molecule has 0 aliphatic carbocycles. The lowest BCUT2D eigenvalue weighted by Crippen LogP contribution is -2.09. The second-order valence-corrected chi connectivity index (χ2v) is 6.63. The minimum atomic E-state index is 0.0605. The van der Waals surface area contributed by atoms with Crippen LogP contribution in [0.3, 0.4) is 0 Å². The van der Waals surface area contributed by atoms with Crippen molar-refractivity contribution in [2.24, 2.45) is 0 Å². The van der Waals surface area contributed by atoms with Gasteiger partial charge in [0.25, 0.3) is 0 Å². The maximum absolute atomic E-state index is 5.89. The lowest BCUT2D eigenvalue weighted by molar-refractivity contribution is 0.232. The van der Waals surface area contributed by atoms with Crippen LogP contribution >= 0.6 is 11.8 Å². The summed E-state index contributed by atoms with van der Waals surface area (Å²) in [6.45, 7) is 8.32. The Morgan fingerprint density at radius 2 is 1.67 bits per heavy atom. The van der Waals surface area contributed by atoms with E-state index in [9.17, 15) is 0 Å². The van der Waals surface area contributed by atoms with Crippen molar-refractivity contribution >= 4 is 17.4 Å². The van der Waals surface area contributed by atoms with E-state index in [1.54, 1.807) is 11.8 Å². The number of ether oxygens (including phenoxy) is 1. The quantitative estimate of drug-likeness (QED) is 0.867. The molecular weight excluding hydrogens is 280 g/mol. The highest BCUT2D eigenvalue weighted by Gasteiger charge is 2.08. The number of anilines is 1. The standard InChI is InChI=1S/C17H22N2OS/c1-11(2)13-5-7-14(8-6-13)21-16-10-9-15(18)17(19-16)20-12(3)4/h5-12H,18H2,1-4H3. The molecule has 4 heteroatoms. The summed E-state index contributed by atoms with van der Waals surface area (Å²) in [5.74, 6) is 1.05. The van der Waals surface area contributed by atoms with E-state index in [1.165, 1.54) is 5.56 Å². The molecule has 0 spiro atoms. The highest BCUT2D eigenvalue weighted by Crippen LogP contribution is 2.31. The van der Waals surface area contributed by atoms with Crippen molar-refractivity contribution in [3.05, 3.63) is 42.0 Å². The van der Waals surface area contributed by atoms with Crippen molar-refractivity contribution in [2.75, 3.05) is 5.73 Å². The van der Waals surface area contributed by atoms with Gasteiger partial charge < -0.3 is 10.5 Å². The molecule has 0 atom stereocenters. The van der Waals surface area contributed by atoms with Gasteiger partial charge in [-0.3, -0.25) is 0 Å². The minimum absolute atomic E-state index is 0.0605. The molecule has 3 nitrogen and oxygen atoms in total. The fourth-order valence-electron chi connectivity index (χ4n) is 1.85. The third kappa shape index (κ3) is 4.39. The van der Waals surface area contributed by atoms with Gasteiger partial charge in [0.1, 0.15) is 5.03 Å². The molecule has 1 aromatic heterocycles. The Labute approximate surface area is 130 Å². The number of rotatable bonds is 5. The summed E-state index contributed by atoms with van der Waals surface area (Å²) in [5, 5.41) is 0.886. The van der Waals surface area contributed by atoms with Crippen molar-refractivity contribution < 1.29 is 4.74 Å². The third-order valence-electron chi connectivity index (χ3n) is 2.98. The van der Waals surface area contributed by atoms with Gasteiger partial charge in [-0.25, -0.2) is 4.98 Å². The van der Waals surface area contributed by atoms with Crippen LogP contribution in [0.15, 0.2) is 46.3 Å². The maximum Gasteiger partial charge on any atom is 0.238 e. The van der Waals surface area contributed by atoms with Gasteiger partial charge >= 0.3 is 0 Å². The lowest BCUT2D eigenvalue weighted by atomic mass is 10.0. The molecule has 2 aromatic rings. The molecule has 0 unspecified atom stereocenters. The zero-order valence-electron chi connectivity index (χ0n) is 13.0. The number of nitrogens with zero attached hydrogens (tertiary/aromatic N) is 1. The Morgan fingerprint density at radius 1 is 1.00 bits per heavy atom. The topological polar surface area (TPSA) is 48.1 Å². The molecule has 2 rings (SSSR count). The second kappa shape index (κ2) is 6.85. The Bertz CT molecular complexity index is 594. The molecule has 1 aromatic carbocycles. The molecule has 0 aliphatic heterocycles. The van der Waals surface area contributed by atoms with Gasteiger partial charge in [0.15, 0.2) is 0 Å². The van der Waals surface area contributed by atoms with Crippen LogP contribution in [0.1, 0.15) is 39.2 Å². The van der Waals surface area contributed by atoms with E-state index in [1.807, 2.05) is 26.0 Å². The molecule has 2 N–H and O–H groups in total. The van der Waals surface area contributed by atoms with Gasteiger partial charge in [-0.05, 0) is 49.6 Å². The van der Waals surface area contributed by atoms with Crippen LogP contribution in [0.2, 0.25) is 0 Å². The highest BCUT2D eigenvalue weighted by atomic mass is 32.2. The van der Waals surface area contributed by atoms with Gasteiger partial charge in [0, 0.05) is 4.90 Å². The predicted molar refractivity (Wildman–Crippen MR) is 89.1 cm³/mol. The van der Waals surface area contributed by atoms with Gasteiger partial charge in [0.05, 0.1) is 11.8 Å². The van der Waals surface area contributed by atoms with E-state index in [0.29, 0.717) is 17.5 Å². The SMILES string of the molecule is CC(C)Oc1nc(Sc2ccc(C(C)C)cc2)ccc1N. The molecule has 1 heterocycles. The van der Waals surface area contributed by atoms with Crippen LogP contribution in [-0.2, 0) is 0 Å². The molecule has 112 valence electrons. The summed E-state index contributed by atoms with van der Waals surface area (Å²) in [4.78, 5) is 5.64. The van der Waals surface area contributed by atoms with Gasteiger partial charge in [-0.15, -0.1) is 0 Å². The number of pyridine rings is 1. The molecule has 0 amide bonds. The fourth-order valence-corrected chi connectivity index (χ4v) is 2.63. The molecule has 21 heavy (non-hydrogen) atoms. The zero-order chi connectivity index (χ0) is 15.4. The first-order valence-corrected chi connectivity index (χ1v) is 7.98. The van der Waals surface area contributed by atoms with E-state index in [-0.39, 0.29) is 6.10 Å². The number of hydrogen-bond donors (Lipinski definition) is 1. The number of nitrogen functional groups attached to an aromatic ring is 1. The monoisotopic (exact) mass is 302 g/mol. The average Bonchev–Trinajstić information content (AvgIpc) is 2.42. The average molecular weight is 302 g/mol. The first-order valence-electron chi connectivity index (χ1n) is 7.16.